The number of rotatable bonds is 7. The van der Waals surface area contributed by atoms with Crippen LogP contribution in [0, 0.1) is 5.41 Å². The van der Waals surface area contributed by atoms with Gasteiger partial charge in [0, 0.05) is 13.1 Å². The van der Waals surface area contributed by atoms with E-state index in [4.69, 9.17) is 4.74 Å². The Morgan fingerprint density at radius 1 is 1.44 bits per heavy atom. The van der Waals surface area contributed by atoms with E-state index >= 15 is 0 Å². The zero-order chi connectivity index (χ0) is 13.0. The minimum atomic E-state index is -0.465. The van der Waals surface area contributed by atoms with Crippen molar-refractivity contribution in [2.45, 2.75) is 32.3 Å². The van der Waals surface area contributed by atoms with Crippen LogP contribution in [0.5, 0.6) is 5.75 Å². The number of hydrogen-bond acceptors (Lipinski definition) is 3. The van der Waals surface area contributed by atoms with Crippen molar-refractivity contribution in [3.05, 3.63) is 29.8 Å². The number of benzene rings is 1. The van der Waals surface area contributed by atoms with E-state index < -0.39 is 6.10 Å². The molecular formula is C15H23NO2. The monoisotopic (exact) mass is 249 g/mol. The predicted octanol–water partition coefficient (Wildman–Crippen LogP) is 2.51. The molecule has 3 nitrogen and oxygen atoms in total. The van der Waals surface area contributed by atoms with E-state index in [9.17, 15) is 5.11 Å². The minimum Gasteiger partial charge on any atom is -0.497 e. The Kier molecular flexibility index (Phi) is 4.25. The average molecular weight is 249 g/mol. The molecule has 1 aromatic carbocycles. The number of aliphatic hydroxyl groups is 1. The number of aliphatic hydroxyl groups excluding tert-OH is 1. The summed E-state index contributed by atoms with van der Waals surface area (Å²) < 4.78 is 5.16. The van der Waals surface area contributed by atoms with Crippen molar-refractivity contribution in [1.82, 2.24) is 5.32 Å². The largest absolute Gasteiger partial charge is 0.497 e. The van der Waals surface area contributed by atoms with Gasteiger partial charge in [-0.2, -0.15) is 0 Å². The Labute approximate surface area is 109 Å². The first-order valence-corrected chi connectivity index (χ1v) is 6.72. The molecule has 3 heteroatoms. The van der Waals surface area contributed by atoms with Gasteiger partial charge in [-0.15, -0.1) is 0 Å². The fraction of sp³-hybridized carbons (Fsp3) is 0.600. The van der Waals surface area contributed by atoms with E-state index in [1.54, 1.807) is 7.11 Å². The van der Waals surface area contributed by atoms with E-state index in [1.165, 1.54) is 19.3 Å². The van der Waals surface area contributed by atoms with Gasteiger partial charge in [0.1, 0.15) is 5.75 Å². The number of ether oxygens (including phenoxy) is 1. The Balaban J connectivity index is 1.81. The lowest BCUT2D eigenvalue weighted by Gasteiger charge is -2.17. The van der Waals surface area contributed by atoms with Gasteiger partial charge < -0.3 is 15.2 Å². The van der Waals surface area contributed by atoms with Gasteiger partial charge in [-0.05, 0) is 42.4 Å². The van der Waals surface area contributed by atoms with Crippen LogP contribution in [0.25, 0.3) is 0 Å². The molecule has 100 valence electrons. The Hall–Kier alpha value is -1.06. The van der Waals surface area contributed by atoms with E-state index in [0.29, 0.717) is 12.0 Å². The molecule has 1 aromatic rings. The SMILES string of the molecule is CCC1(CNCC(O)c2cccc(OC)c2)CC1. The van der Waals surface area contributed by atoms with Gasteiger partial charge in [-0.25, -0.2) is 0 Å². The third-order valence-electron chi connectivity index (χ3n) is 4.02. The van der Waals surface area contributed by atoms with Gasteiger partial charge in [-0.1, -0.05) is 19.1 Å². The second-order valence-corrected chi connectivity index (χ2v) is 5.28. The maximum absolute atomic E-state index is 10.1. The first-order valence-electron chi connectivity index (χ1n) is 6.72. The highest BCUT2D eigenvalue weighted by Gasteiger charge is 2.39. The van der Waals surface area contributed by atoms with E-state index in [-0.39, 0.29) is 0 Å². The Morgan fingerprint density at radius 3 is 2.83 bits per heavy atom. The lowest BCUT2D eigenvalue weighted by molar-refractivity contribution is 0.171. The molecule has 2 N–H and O–H groups in total. The molecule has 1 aliphatic rings. The summed E-state index contributed by atoms with van der Waals surface area (Å²) in [5, 5.41) is 13.5. The summed E-state index contributed by atoms with van der Waals surface area (Å²) in [5.41, 5.74) is 1.43. The van der Waals surface area contributed by atoms with Crippen LogP contribution in [0.2, 0.25) is 0 Å². The summed E-state index contributed by atoms with van der Waals surface area (Å²) >= 11 is 0. The Morgan fingerprint density at radius 2 is 2.22 bits per heavy atom. The van der Waals surface area contributed by atoms with Crippen molar-refractivity contribution in [3.63, 3.8) is 0 Å². The molecule has 1 atom stereocenters. The van der Waals surface area contributed by atoms with Crippen LogP contribution in [0.1, 0.15) is 37.9 Å². The van der Waals surface area contributed by atoms with Crippen LogP contribution in [-0.4, -0.2) is 25.3 Å². The summed E-state index contributed by atoms with van der Waals surface area (Å²) in [6.45, 7) is 3.87. The molecular weight excluding hydrogens is 226 g/mol. The van der Waals surface area contributed by atoms with Crippen molar-refractivity contribution < 1.29 is 9.84 Å². The molecule has 0 spiro atoms. The summed E-state index contributed by atoms with van der Waals surface area (Å²) in [6, 6.07) is 7.62. The van der Waals surface area contributed by atoms with Gasteiger partial charge in [0.25, 0.3) is 0 Å². The highest BCUT2D eigenvalue weighted by molar-refractivity contribution is 5.29. The predicted molar refractivity (Wildman–Crippen MR) is 72.8 cm³/mol. The maximum atomic E-state index is 10.1. The second-order valence-electron chi connectivity index (χ2n) is 5.28. The molecule has 1 fully saturated rings. The Bertz CT molecular complexity index is 388. The smallest absolute Gasteiger partial charge is 0.119 e. The number of methoxy groups -OCH3 is 1. The van der Waals surface area contributed by atoms with Crippen molar-refractivity contribution in [3.8, 4) is 5.75 Å². The normalized spacial score (nSPS) is 18.4. The van der Waals surface area contributed by atoms with Crippen LogP contribution in [0.4, 0.5) is 0 Å². The third-order valence-corrected chi connectivity index (χ3v) is 4.02. The van der Waals surface area contributed by atoms with E-state index in [1.807, 2.05) is 24.3 Å². The quantitative estimate of drug-likeness (QED) is 0.780. The molecule has 0 heterocycles. The standard InChI is InChI=1S/C15H23NO2/c1-3-15(7-8-15)11-16-10-14(17)12-5-4-6-13(9-12)18-2/h4-6,9,14,16-17H,3,7-8,10-11H2,1-2H3. The maximum Gasteiger partial charge on any atom is 0.119 e. The zero-order valence-corrected chi connectivity index (χ0v) is 11.3. The summed E-state index contributed by atoms with van der Waals surface area (Å²) in [4.78, 5) is 0. The van der Waals surface area contributed by atoms with E-state index in [0.717, 1.165) is 17.9 Å². The van der Waals surface area contributed by atoms with Crippen molar-refractivity contribution in [2.75, 3.05) is 20.2 Å². The van der Waals surface area contributed by atoms with Crippen LogP contribution in [0.15, 0.2) is 24.3 Å². The molecule has 1 unspecified atom stereocenters. The number of hydrogen-bond donors (Lipinski definition) is 2. The minimum absolute atomic E-state index is 0.465. The molecule has 0 bridgehead atoms. The molecule has 1 saturated carbocycles. The topological polar surface area (TPSA) is 41.5 Å². The van der Waals surface area contributed by atoms with Gasteiger partial charge in [0.2, 0.25) is 0 Å². The fourth-order valence-corrected chi connectivity index (χ4v) is 2.27. The number of nitrogens with one attached hydrogen (secondary N) is 1. The van der Waals surface area contributed by atoms with Gasteiger partial charge in [-0.3, -0.25) is 0 Å². The van der Waals surface area contributed by atoms with Gasteiger partial charge >= 0.3 is 0 Å². The molecule has 0 aliphatic heterocycles. The molecule has 1 aliphatic carbocycles. The summed E-state index contributed by atoms with van der Waals surface area (Å²) in [7, 11) is 1.64. The first-order chi connectivity index (χ1) is 8.69. The van der Waals surface area contributed by atoms with Crippen molar-refractivity contribution in [1.29, 1.82) is 0 Å². The van der Waals surface area contributed by atoms with Gasteiger partial charge in [0.15, 0.2) is 0 Å². The summed E-state index contributed by atoms with van der Waals surface area (Å²) in [5.74, 6) is 0.791. The van der Waals surface area contributed by atoms with Crippen molar-refractivity contribution >= 4 is 0 Å². The van der Waals surface area contributed by atoms with Gasteiger partial charge in [0.05, 0.1) is 13.2 Å². The first kappa shape index (κ1) is 13.4. The van der Waals surface area contributed by atoms with Crippen LogP contribution in [0.3, 0.4) is 0 Å². The second kappa shape index (κ2) is 5.72. The molecule has 18 heavy (non-hydrogen) atoms. The third kappa shape index (κ3) is 3.24. The molecule has 0 radical (unpaired) electrons. The molecule has 0 amide bonds. The fourth-order valence-electron chi connectivity index (χ4n) is 2.27. The summed E-state index contributed by atoms with van der Waals surface area (Å²) in [6.07, 6.45) is 3.42. The van der Waals surface area contributed by atoms with Crippen molar-refractivity contribution in [2.24, 2.45) is 5.41 Å². The van der Waals surface area contributed by atoms with E-state index in [2.05, 4.69) is 12.2 Å². The molecule has 0 saturated heterocycles. The highest BCUT2D eigenvalue weighted by atomic mass is 16.5. The molecule has 0 aromatic heterocycles. The highest BCUT2D eigenvalue weighted by Crippen LogP contribution is 2.47. The lowest BCUT2D eigenvalue weighted by atomic mass is 10.0. The lowest BCUT2D eigenvalue weighted by Crippen LogP contribution is -2.28. The molecule has 2 rings (SSSR count). The average Bonchev–Trinajstić information content (AvgIpc) is 3.19. The zero-order valence-electron chi connectivity index (χ0n) is 11.3. The van der Waals surface area contributed by atoms with Crippen LogP contribution in [-0.2, 0) is 0 Å². The van der Waals surface area contributed by atoms with Crippen LogP contribution < -0.4 is 10.1 Å². The van der Waals surface area contributed by atoms with Crippen LogP contribution >= 0.6 is 0 Å².